The Balaban J connectivity index is 2.04. The maximum Gasteiger partial charge on any atom is 0.276 e. The van der Waals surface area contributed by atoms with Crippen LogP contribution in [0, 0.1) is 0 Å². The maximum absolute atomic E-state index is 13.3. The molecule has 0 aliphatic heterocycles. The molecular weight excluding hydrogens is 400 g/mol. The molecule has 0 radical (unpaired) electrons. The number of nitrogens with zero attached hydrogens (tertiary/aromatic N) is 4. The monoisotopic (exact) mass is 416 g/mol. The van der Waals surface area contributed by atoms with E-state index in [4.69, 9.17) is 21.1 Å². The fourth-order valence-electron chi connectivity index (χ4n) is 3.11. The fraction of sp³-hybridized carbons (Fsp3) is 0.211. The highest BCUT2D eigenvalue weighted by Gasteiger charge is 2.19. The van der Waals surface area contributed by atoms with Gasteiger partial charge < -0.3 is 14.4 Å². The van der Waals surface area contributed by atoms with Gasteiger partial charge in [-0.15, -0.1) is 11.3 Å². The molecule has 0 amide bonds. The summed E-state index contributed by atoms with van der Waals surface area (Å²) >= 11 is 7.51. The molecule has 4 aromatic rings. The Morgan fingerprint density at radius 3 is 2.57 bits per heavy atom. The van der Waals surface area contributed by atoms with E-state index in [1.54, 1.807) is 18.3 Å². The number of benzene rings is 1. The number of rotatable bonds is 4. The molecule has 3 aromatic heterocycles. The highest BCUT2D eigenvalue weighted by molar-refractivity contribution is 7.25. The Morgan fingerprint density at radius 2 is 1.89 bits per heavy atom. The summed E-state index contributed by atoms with van der Waals surface area (Å²) in [5.41, 5.74) is 1.89. The highest BCUT2D eigenvalue weighted by atomic mass is 35.5. The number of hydrogen-bond acceptors (Lipinski definition) is 7. The predicted molar refractivity (Wildman–Crippen MR) is 113 cm³/mol. The molecule has 0 spiro atoms. The minimum absolute atomic E-state index is 0.208. The van der Waals surface area contributed by atoms with Gasteiger partial charge in [0.1, 0.15) is 27.4 Å². The van der Waals surface area contributed by atoms with Crippen molar-refractivity contribution in [1.29, 1.82) is 0 Å². The molecule has 9 heteroatoms. The molecule has 0 unspecified atom stereocenters. The van der Waals surface area contributed by atoms with E-state index in [1.807, 2.05) is 25.1 Å². The predicted octanol–water partition coefficient (Wildman–Crippen LogP) is 3.73. The molecule has 0 bridgehead atoms. The Labute approximate surface area is 169 Å². The molecule has 7 nitrogen and oxygen atoms in total. The van der Waals surface area contributed by atoms with E-state index < -0.39 is 0 Å². The lowest BCUT2D eigenvalue weighted by Crippen LogP contribution is -2.18. The molecule has 0 saturated carbocycles. The SMILES string of the molecule is COc1cc(-n2cnc3c(sc4nccc(N(C)C)c43)c2=O)c(OC)cc1Cl. The van der Waals surface area contributed by atoms with Gasteiger partial charge in [0.2, 0.25) is 0 Å². The van der Waals surface area contributed by atoms with Crippen LogP contribution in [0.3, 0.4) is 0 Å². The van der Waals surface area contributed by atoms with Gasteiger partial charge in [0.25, 0.3) is 5.56 Å². The minimum Gasteiger partial charge on any atom is -0.495 e. The number of methoxy groups -OCH3 is 2. The second-order valence-electron chi connectivity index (χ2n) is 6.26. The van der Waals surface area contributed by atoms with Gasteiger partial charge in [-0.3, -0.25) is 9.36 Å². The van der Waals surface area contributed by atoms with Gasteiger partial charge in [0, 0.05) is 32.4 Å². The summed E-state index contributed by atoms with van der Waals surface area (Å²) in [6.07, 6.45) is 3.23. The smallest absolute Gasteiger partial charge is 0.276 e. The average molecular weight is 417 g/mol. The number of thiophene rings is 1. The van der Waals surface area contributed by atoms with Gasteiger partial charge in [-0.2, -0.15) is 0 Å². The third-order valence-corrected chi connectivity index (χ3v) is 5.83. The third-order valence-electron chi connectivity index (χ3n) is 4.45. The average Bonchev–Trinajstić information content (AvgIpc) is 3.08. The van der Waals surface area contributed by atoms with Gasteiger partial charge in [-0.05, 0) is 6.07 Å². The van der Waals surface area contributed by atoms with Gasteiger partial charge in [0.05, 0.1) is 41.5 Å². The Bertz CT molecular complexity index is 1270. The number of pyridine rings is 1. The van der Waals surface area contributed by atoms with E-state index in [-0.39, 0.29) is 5.56 Å². The Kier molecular flexibility index (Phi) is 4.60. The molecule has 1 aromatic carbocycles. The van der Waals surface area contributed by atoms with Crippen molar-refractivity contribution < 1.29 is 9.47 Å². The lowest BCUT2D eigenvalue weighted by Gasteiger charge is -2.14. The molecule has 0 atom stereocenters. The first kappa shape index (κ1) is 18.5. The number of fused-ring (bicyclic) bond motifs is 3. The number of halogens is 1. The van der Waals surface area contributed by atoms with E-state index in [9.17, 15) is 4.79 Å². The van der Waals surface area contributed by atoms with Crippen LogP contribution in [0.1, 0.15) is 0 Å². The van der Waals surface area contributed by atoms with Crippen molar-refractivity contribution >= 4 is 49.1 Å². The Morgan fingerprint density at radius 1 is 1.14 bits per heavy atom. The van der Waals surface area contributed by atoms with Crippen molar-refractivity contribution in [1.82, 2.24) is 14.5 Å². The van der Waals surface area contributed by atoms with Crippen molar-refractivity contribution in [3.8, 4) is 17.2 Å². The quantitative estimate of drug-likeness (QED) is 0.505. The number of anilines is 1. The molecule has 144 valence electrons. The zero-order valence-corrected chi connectivity index (χ0v) is 17.3. The van der Waals surface area contributed by atoms with Crippen LogP contribution in [-0.2, 0) is 0 Å². The zero-order chi connectivity index (χ0) is 20.0. The standard InChI is InChI=1S/C19H17ClN4O3S/c1-23(2)11-5-6-21-18-15(11)16-17(28-18)19(25)24(9-22-16)12-8-13(26-3)10(20)7-14(12)27-4/h5-9H,1-4H3. The maximum atomic E-state index is 13.3. The first-order chi connectivity index (χ1) is 13.5. The minimum atomic E-state index is -0.208. The molecule has 0 N–H and O–H groups in total. The topological polar surface area (TPSA) is 69.5 Å². The fourth-order valence-corrected chi connectivity index (χ4v) is 4.39. The molecule has 0 fully saturated rings. The molecule has 28 heavy (non-hydrogen) atoms. The zero-order valence-electron chi connectivity index (χ0n) is 15.7. The van der Waals surface area contributed by atoms with Crippen molar-refractivity contribution in [3.63, 3.8) is 0 Å². The van der Waals surface area contributed by atoms with Gasteiger partial charge in [0.15, 0.2) is 0 Å². The summed E-state index contributed by atoms with van der Waals surface area (Å²) in [5.74, 6) is 0.889. The third kappa shape index (κ3) is 2.76. The Hall–Kier alpha value is -2.84. The van der Waals surface area contributed by atoms with E-state index in [0.717, 1.165) is 15.9 Å². The molecule has 0 aliphatic carbocycles. The van der Waals surface area contributed by atoms with Crippen molar-refractivity contribution in [3.05, 3.63) is 46.1 Å². The van der Waals surface area contributed by atoms with Crippen LogP contribution >= 0.6 is 22.9 Å². The van der Waals surface area contributed by atoms with Crippen LogP contribution in [0.2, 0.25) is 5.02 Å². The lowest BCUT2D eigenvalue weighted by atomic mass is 10.2. The van der Waals surface area contributed by atoms with E-state index >= 15 is 0 Å². The van der Waals surface area contributed by atoms with Gasteiger partial charge in [-0.1, -0.05) is 11.6 Å². The van der Waals surface area contributed by atoms with Crippen LogP contribution in [0.15, 0.2) is 35.5 Å². The summed E-state index contributed by atoms with van der Waals surface area (Å²) in [5, 5.41) is 1.27. The van der Waals surface area contributed by atoms with Gasteiger partial charge >= 0.3 is 0 Å². The van der Waals surface area contributed by atoms with E-state index in [0.29, 0.717) is 32.4 Å². The van der Waals surface area contributed by atoms with Gasteiger partial charge in [-0.25, -0.2) is 9.97 Å². The van der Waals surface area contributed by atoms with Crippen molar-refractivity contribution in [2.75, 3.05) is 33.2 Å². The first-order valence-electron chi connectivity index (χ1n) is 8.34. The van der Waals surface area contributed by atoms with Crippen LogP contribution in [-0.4, -0.2) is 42.8 Å². The molecule has 0 aliphatic rings. The summed E-state index contributed by atoms with van der Waals surface area (Å²) in [6, 6.07) is 5.19. The summed E-state index contributed by atoms with van der Waals surface area (Å²) in [4.78, 5) is 25.0. The second kappa shape index (κ2) is 6.96. The van der Waals surface area contributed by atoms with Crippen LogP contribution < -0.4 is 19.9 Å². The number of hydrogen-bond donors (Lipinski definition) is 0. The molecule has 0 saturated heterocycles. The highest BCUT2D eigenvalue weighted by Crippen LogP contribution is 2.37. The summed E-state index contributed by atoms with van der Waals surface area (Å²) in [7, 11) is 6.93. The summed E-state index contributed by atoms with van der Waals surface area (Å²) < 4.78 is 12.7. The number of ether oxygens (including phenoxy) is 2. The van der Waals surface area contributed by atoms with E-state index in [1.165, 1.54) is 36.5 Å². The molecule has 3 heterocycles. The van der Waals surface area contributed by atoms with Crippen LogP contribution in [0.25, 0.3) is 26.1 Å². The lowest BCUT2D eigenvalue weighted by molar-refractivity contribution is 0.401. The number of aromatic nitrogens is 3. The molecule has 4 rings (SSSR count). The van der Waals surface area contributed by atoms with Crippen molar-refractivity contribution in [2.45, 2.75) is 0 Å². The van der Waals surface area contributed by atoms with E-state index in [2.05, 4.69) is 9.97 Å². The first-order valence-corrected chi connectivity index (χ1v) is 9.53. The largest absolute Gasteiger partial charge is 0.495 e. The van der Waals surface area contributed by atoms with Crippen LogP contribution in [0.5, 0.6) is 11.5 Å². The normalized spacial score (nSPS) is 11.2. The second-order valence-corrected chi connectivity index (χ2v) is 7.67. The summed E-state index contributed by atoms with van der Waals surface area (Å²) in [6.45, 7) is 0. The van der Waals surface area contributed by atoms with Crippen molar-refractivity contribution in [2.24, 2.45) is 0 Å². The molecular formula is C19H17ClN4O3S. The van der Waals surface area contributed by atoms with Crippen LogP contribution in [0.4, 0.5) is 5.69 Å².